The number of sulfone groups is 1. The van der Waals surface area contributed by atoms with Gasteiger partial charge in [-0.3, -0.25) is 4.79 Å². The molecule has 0 saturated heterocycles. The molecule has 33 heavy (non-hydrogen) atoms. The first-order chi connectivity index (χ1) is 15.1. The standard InChI is InChI=1S/C20H20F6N2O4S/c1-2-33(31,32)15-6-3-12(4-7-15)9-17(29)28-16-8-5-14(10-13(16)11-27)18(30,19(21,22)23)20(24,25)26/h3-8,10,30H,2,9,11,27H2,1H3,(H,28,29). The summed E-state index contributed by atoms with van der Waals surface area (Å²) in [5, 5.41) is 11.9. The quantitative estimate of drug-likeness (QED) is 0.507. The molecule has 1 amide bonds. The van der Waals surface area contributed by atoms with Crippen molar-refractivity contribution in [2.24, 2.45) is 5.73 Å². The lowest BCUT2D eigenvalue weighted by Crippen LogP contribution is -2.54. The van der Waals surface area contributed by atoms with Crippen molar-refractivity contribution in [1.29, 1.82) is 0 Å². The van der Waals surface area contributed by atoms with Crippen LogP contribution in [0, 0.1) is 0 Å². The molecule has 2 rings (SSSR count). The number of aliphatic hydroxyl groups is 1. The van der Waals surface area contributed by atoms with Gasteiger partial charge in [-0.05, 0) is 35.4 Å². The maximum atomic E-state index is 13.1. The molecule has 0 bridgehead atoms. The molecule has 0 aromatic heterocycles. The molecule has 0 aliphatic rings. The van der Waals surface area contributed by atoms with Crippen LogP contribution in [0.15, 0.2) is 47.4 Å². The van der Waals surface area contributed by atoms with Crippen molar-refractivity contribution in [3.05, 3.63) is 59.2 Å². The Bertz CT molecular complexity index is 1100. The SMILES string of the molecule is CCS(=O)(=O)c1ccc(CC(=O)Nc2ccc(C(O)(C(F)(F)F)C(F)(F)F)cc2CN)cc1. The molecule has 0 aliphatic heterocycles. The lowest BCUT2D eigenvalue weighted by molar-refractivity contribution is -0.376. The third-order valence-corrected chi connectivity index (χ3v) is 6.62. The summed E-state index contributed by atoms with van der Waals surface area (Å²) in [6, 6.07) is 7.06. The summed E-state index contributed by atoms with van der Waals surface area (Å²) in [5.41, 5.74) is -1.17. The fourth-order valence-corrected chi connectivity index (χ4v) is 3.84. The van der Waals surface area contributed by atoms with Gasteiger partial charge in [0.15, 0.2) is 9.84 Å². The number of carbonyl (C=O) groups is 1. The number of nitrogens with two attached hydrogens (primary N) is 1. The first kappa shape index (κ1) is 26.6. The summed E-state index contributed by atoms with van der Waals surface area (Å²) >= 11 is 0. The molecule has 2 aromatic carbocycles. The molecule has 182 valence electrons. The average Bonchev–Trinajstić information content (AvgIpc) is 2.72. The van der Waals surface area contributed by atoms with E-state index in [-0.39, 0.29) is 28.3 Å². The Morgan fingerprint density at radius 3 is 2.00 bits per heavy atom. The monoisotopic (exact) mass is 498 g/mol. The highest BCUT2D eigenvalue weighted by Crippen LogP contribution is 2.50. The van der Waals surface area contributed by atoms with Gasteiger partial charge in [0.25, 0.3) is 5.60 Å². The van der Waals surface area contributed by atoms with Gasteiger partial charge in [-0.2, -0.15) is 26.3 Å². The number of benzene rings is 2. The number of hydrogen-bond acceptors (Lipinski definition) is 5. The molecule has 0 unspecified atom stereocenters. The van der Waals surface area contributed by atoms with Crippen molar-refractivity contribution in [1.82, 2.24) is 0 Å². The van der Waals surface area contributed by atoms with Gasteiger partial charge in [0.1, 0.15) is 0 Å². The molecule has 0 heterocycles. The highest BCUT2D eigenvalue weighted by atomic mass is 32.2. The van der Waals surface area contributed by atoms with Crippen molar-refractivity contribution in [3.8, 4) is 0 Å². The minimum atomic E-state index is -6.06. The smallest absolute Gasteiger partial charge is 0.369 e. The predicted octanol–water partition coefficient (Wildman–Crippen LogP) is 3.43. The van der Waals surface area contributed by atoms with Crippen LogP contribution in [-0.4, -0.2) is 37.5 Å². The van der Waals surface area contributed by atoms with Crippen LogP contribution >= 0.6 is 0 Å². The zero-order chi connectivity index (χ0) is 25.2. The molecular weight excluding hydrogens is 478 g/mol. The van der Waals surface area contributed by atoms with Crippen LogP contribution in [0.3, 0.4) is 0 Å². The Kier molecular flexibility index (Phi) is 7.51. The molecule has 13 heteroatoms. The Morgan fingerprint density at radius 2 is 1.55 bits per heavy atom. The molecule has 0 spiro atoms. The zero-order valence-corrected chi connectivity index (χ0v) is 17.9. The normalized spacial score (nSPS) is 13.1. The Labute approximate surface area is 185 Å². The van der Waals surface area contributed by atoms with Gasteiger partial charge in [0, 0.05) is 17.8 Å². The second-order valence-corrected chi connectivity index (χ2v) is 9.33. The summed E-state index contributed by atoms with van der Waals surface area (Å²) in [4.78, 5) is 12.4. The number of carbonyl (C=O) groups excluding carboxylic acids is 1. The second-order valence-electron chi connectivity index (χ2n) is 7.05. The van der Waals surface area contributed by atoms with E-state index in [1.165, 1.54) is 31.2 Å². The summed E-state index contributed by atoms with van der Waals surface area (Å²) in [5.74, 6) is -0.784. The maximum Gasteiger partial charge on any atom is 0.430 e. The van der Waals surface area contributed by atoms with Crippen LogP contribution in [0.5, 0.6) is 0 Å². The van der Waals surface area contributed by atoms with E-state index in [4.69, 9.17) is 5.73 Å². The maximum absolute atomic E-state index is 13.1. The van der Waals surface area contributed by atoms with Crippen LogP contribution in [0.2, 0.25) is 0 Å². The summed E-state index contributed by atoms with van der Waals surface area (Å²) in [7, 11) is -3.43. The van der Waals surface area contributed by atoms with Gasteiger partial charge in [0.2, 0.25) is 5.91 Å². The highest BCUT2D eigenvalue weighted by molar-refractivity contribution is 7.91. The molecule has 0 radical (unpaired) electrons. The largest absolute Gasteiger partial charge is 0.430 e. The van der Waals surface area contributed by atoms with E-state index in [0.717, 1.165) is 6.07 Å². The first-order valence-electron chi connectivity index (χ1n) is 9.37. The number of hydrogen-bond donors (Lipinski definition) is 3. The van der Waals surface area contributed by atoms with Crippen molar-refractivity contribution in [2.45, 2.75) is 42.7 Å². The highest BCUT2D eigenvalue weighted by Gasteiger charge is 2.71. The molecule has 0 saturated carbocycles. The average molecular weight is 498 g/mol. The van der Waals surface area contributed by atoms with Crippen LogP contribution in [-0.2, 0) is 33.2 Å². The molecular formula is C20H20F6N2O4S. The molecule has 6 nitrogen and oxygen atoms in total. The fraction of sp³-hybridized carbons (Fsp3) is 0.350. The number of rotatable bonds is 7. The van der Waals surface area contributed by atoms with Gasteiger partial charge < -0.3 is 16.2 Å². The van der Waals surface area contributed by atoms with Crippen LogP contribution in [0.25, 0.3) is 0 Å². The van der Waals surface area contributed by atoms with E-state index < -0.39 is 45.8 Å². The van der Waals surface area contributed by atoms with E-state index in [0.29, 0.717) is 17.7 Å². The van der Waals surface area contributed by atoms with Gasteiger partial charge in [0.05, 0.1) is 17.1 Å². The number of halogens is 6. The van der Waals surface area contributed by atoms with E-state index >= 15 is 0 Å². The number of alkyl halides is 6. The number of amides is 1. The van der Waals surface area contributed by atoms with Crippen LogP contribution < -0.4 is 11.1 Å². The topological polar surface area (TPSA) is 109 Å². The van der Waals surface area contributed by atoms with Crippen molar-refractivity contribution in [3.63, 3.8) is 0 Å². The molecule has 4 N–H and O–H groups in total. The molecule has 0 atom stereocenters. The predicted molar refractivity (Wildman–Crippen MR) is 107 cm³/mol. The molecule has 0 aliphatic carbocycles. The number of anilines is 1. The van der Waals surface area contributed by atoms with E-state index in [1.54, 1.807) is 0 Å². The second kappa shape index (κ2) is 9.31. The van der Waals surface area contributed by atoms with E-state index in [2.05, 4.69) is 5.32 Å². The van der Waals surface area contributed by atoms with E-state index in [9.17, 15) is 44.7 Å². The number of nitrogens with one attached hydrogen (secondary N) is 1. The van der Waals surface area contributed by atoms with E-state index in [1.807, 2.05) is 0 Å². The summed E-state index contributed by atoms with van der Waals surface area (Å²) in [6.07, 6.45) is -12.4. The van der Waals surface area contributed by atoms with Crippen molar-refractivity contribution >= 4 is 21.4 Å². The Morgan fingerprint density at radius 1 is 1.00 bits per heavy atom. The van der Waals surface area contributed by atoms with Gasteiger partial charge >= 0.3 is 12.4 Å². The summed E-state index contributed by atoms with van der Waals surface area (Å²) in [6.45, 7) is 0.945. The minimum absolute atomic E-state index is 0.0666. The van der Waals surface area contributed by atoms with Crippen molar-refractivity contribution in [2.75, 3.05) is 11.1 Å². The Balaban J connectivity index is 2.28. The van der Waals surface area contributed by atoms with Gasteiger partial charge in [-0.25, -0.2) is 8.42 Å². The third-order valence-electron chi connectivity index (χ3n) is 4.86. The molecule has 2 aromatic rings. The lowest BCUT2D eigenvalue weighted by Gasteiger charge is -2.33. The van der Waals surface area contributed by atoms with Gasteiger partial charge in [-0.15, -0.1) is 0 Å². The first-order valence-corrected chi connectivity index (χ1v) is 11.0. The Hall–Kier alpha value is -2.64. The van der Waals surface area contributed by atoms with Crippen molar-refractivity contribution < 1.29 is 44.7 Å². The van der Waals surface area contributed by atoms with Crippen LogP contribution in [0.1, 0.15) is 23.6 Å². The lowest BCUT2D eigenvalue weighted by atomic mass is 9.90. The van der Waals surface area contributed by atoms with Gasteiger partial charge in [-0.1, -0.05) is 25.1 Å². The minimum Gasteiger partial charge on any atom is -0.369 e. The zero-order valence-electron chi connectivity index (χ0n) is 17.1. The summed E-state index contributed by atoms with van der Waals surface area (Å²) < 4.78 is 102. The fourth-order valence-electron chi connectivity index (χ4n) is 2.96. The molecule has 0 fully saturated rings. The third kappa shape index (κ3) is 5.47. The van der Waals surface area contributed by atoms with Crippen LogP contribution in [0.4, 0.5) is 32.0 Å².